The lowest BCUT2D eigenvalue weighted by molar-refractivity contribution is 0.102. The molecule has 6 heteroatoms. The highest BCUT2D eigenvalue weighted by Crippen LogP contribution is 2.27. The SMILES string of the molecule is Cc1cc(NC(=O)c2cnn(C)c2)cnc1N1CCCC[C@@H]1C. The van der Waals surface area contributed by atoms with Crippen molar-refractivity contribution in [1.82, 2.24) is 14.8 Å². The number of anilines is 2. The van der Waals surface area contributed by atoms with Gasteiger partial charge in [-0.15, -0.1) is 0 Å². The lowest BCUT2D eigenvalue weighted by Gasteiger charge is -2.35. The Morgan fingerprint density at radius 1 is 1.35 bits per heavy atom. The van der Waals surface area contributed by atoms with Gasteiger partial charge in [-0.25, -0.2) is 4.98 Å². The van der Waals surface area contributed by atoms with Gasteiger partial charge < -0.3 is 10.2 Å². The van der Waals surface area contributed by atoms with Crippen LogP contribution in [0.2, 0.25) is 0 Å². The van der Waals surface area contributed by atoms with Gasteiger partial charge in [0.15, 0.2) is 0 Å². The fourth-order valence-corrected chi connectivity index (χ4v) is 3.09. The first kappa shape index (κ1) is 15.5. The molecule has 6 nitrogen and oxygen atoms in total. The van der Waals surface area contributed by atoms with Crippen LogP contribution in [0.3, 0.4) is 0 Å². The zero-order valence-electron chi connectivity index (χ0n) is 13.9. The zero-order valence-corrected chi connectivity index (χ0v) is 13.9. The number of aromatic nitrogens is 3. The number of piperidine rings is 1. The van der Waals surface area contributed by atoms with Crippen molar-refractivity contribution in [3.8, 4) is 0 Å². The summed E-state index contributed by atoms with van der Waals surface area (Å²) in [6, 6.07) is 2.50. The van der Waals surface area contributed by atoms with Crippen LogP contribution in [-0.2, 0) is 7.05 Å². The third kappa shape index (κ3) is 3.36. The molecule has 0 aromatic carbocycles. The Balaban J connectivity index is 1.75. The molecule has 1 atom stereocenters. The van der Waals surface area contributed by atoms with Gasteiger partial charge >= 0.3 is 0 Å². The maximum absolute atomic E-state index is 12.2. The molecular formula is C17H23N5O. The highest BCUT2D eigenvalue weighted by atomic mass is 16.1. The average Bonchev–Trinajstić information content (AvgIpc) is 2.95. The number of pyridine rings is 1. The lowest BCUT2D eigenvalue weighted by atomic mass is 10.0. The second-order valence-corrected chi connectivity index (χ2v) is 6.26. The van der Waals surface area contributed by atoms with Gasteiger partial charge in [0.2, 0.25) is 0 Å². The summed E-state index contributed by atoms with van der Waals surface area (Å²) in [6.45, 7) is 5.35. The van der Waals surface area contributed by atoms with Crippen molar-refractivity contribution in [1.29, 1.82) is 0 Å². The van der Waals surface area contributed by atoms with Gasteiger partial charge in [0.05, 0.1) is 23.6 Å². The summed E-state index contributed by atoms with van der Waals surface area (Å²) in [5.74, 6) is 0.856. The van der Waals surface area contributed by atoms with E-state index in [1.807, 2.05) is 13.0 Å². The topological polar surface area (TPSA) is 63.1 Å². The van der Waals surface area contributed by atoms with Crippen LogP contribution in [0, 0.1) is 6.92 Å². The third-order valence-electron chi connectivity index (χ3n) is 4.35. The molecule has 0 aliphatic carbocycles. The molecule has 0 bridgehead atoms. The molecule has 1 N–H and O–H groups in total. The van der Waals surface area contributed by atoms with Crippen molar-refractivity contribution < 1.29 is 4.79 Å². The van der Waals surface area contributed by atoms with Crippen LogP contribution in [0.25, 0.3) is 0 Å². The van der Waals surface area contributed by atoms with E-state index >= 15 is 0 Å². The molecule has 0 spiro atoms. The summed E-state index contributed by atoms with van der Waals surface area (Å²) in [4.78, 5) is 19.1. The van der Waals surface area contributed by atoms with Gasteiger partial charge in [0.25, 0.3) is 5.91 Å². The molecule has 1 aliphatic heterocycles. The molecule has 0 unspecified atom stereocenters. The summed E-state index contributed by atoms with van der Waals surface area (Å²) in [6.07, 6.45) is 8.69. The Morgan fingerprint density at radius 3 is 2.83 bits per heavy atom. The molecule has 0 saturated carbocycles. The van der Waals surface area contributed by atoms with Crippen LogP contribution >= 0.6 is 0 Å². The van der Waals surface area contributed by atoms with Crippen molar-refractivity contribution in [2.45, 2.75) is 39.2 Å². The van der Waals surface area contributed by atoms with Gasteiger partial charge in [-0.05, 0) is 44.7 Å². The minimum absolute atomic E-state index is 0.168. The number of nitrogens with zero attached hydrogens (tertiary/aromatic N) is 4. The highest BCUT2D eigenvalue weighted by molar-refractivity contribution is 6.03. The summed E-state index contributed by atoms with van der Waals surface area (Å²) in [5.41, 5.74) is 2.34. The number of carbonyl (C=O) groups excluding carboxylic acids is 1. The van der Waals surface area contributed by atoms with E-state index in [-0.39, 0.29) is 5.91 Å². The minimum Gasteiger partial charge on any atom is -0.354 e. The first-order valence-corrected chi connectivity index (χ1v) is 8.08. The predicted molar refractivity (Wildman–Crippen MR) is 90.8 cm³/mol. The van der Waals surface area contributed by atoms with E-state index in [1.165, 1.54) is 19.3 Å². The fraction of sp³-hybridized carbons (Fsp3) is 0.471. The minimum atomic E-state index is -0.168. The Labute approximate surface area is 136 Å². The molecule has 3 rings (SSSR count). The van der Waals surface area contributed by atoms with E-state index in [2.05, 4.69) is 27.2 Å². The molecule has 23 heavy (non-hydrogen) atoms. The van der Waals surface area contributed by atoms with Crippen LogP contribution in [0.5, 0.6) is 0 Å². The Hall–Kier alpha value is -2.37. The van der Waals surface area contributed by atoms with Gasteiger partial charge in [0.1, 0.15) is 5.82 Å². The summed E-state index contributed by atoms with van der Waals surface area (Å²) in [5, 5.41) is 6.89. The smallest absolute Gasteiger partial charge is 0.258 e. The van der Waals surface area contributed by atoms with E-state index in [0.29, 0.717) is 17.3 Å². The third-order valence-corrected chi connectivity index (χ3v) is 4.35. The molecule has 1 amide bonds. The number of carbonyl (C=O) groups is 1. The molecule has 0 radical (unpaired) electrons. The van der Waals surface area contributed by atoms with E-state index < -0.39 is 0 Å². The number of rotatable bonds is 3. The molecule has 2 aromatic rings. The average molecular weight is 313 g/mol. The second kappa shape index (κ2) is 6.40. The number of aryl methyl sites for hydroxylation is 2. The van der Waals surface area contributed by atoms with Crippen molar-refractivity contribution in [3.05, 3.63) is 35.8 Å². The van der Waals surface area contributed by atoms with Crippen LogP contribution in [0.1, 0.15) is 42.1 Å². The Morgan fingerprint density at radius 2 is 2.17 bits per heavy atom. The Kier molecular flexibility index (Phi) is 4.32. The van der Waals surface area contributed by atoms with Crippen LogP contribution in [-0.4, -0.2) is 33.3 Å². The largest absolute Gasteiger partial charge is 0.354 e. The van der Waals surface area contributed by atoms with E-state index in [9.17, 15) is 4.79 Å². The Bertz CT molecular complexity index is 709. The van der Waals surface area contributed by atoms with Crippen LogP contribution in [0.15, 0.2) is 24.7 Å². The van der Waals surface area contributed by atoms with Crippen molar-refractivity contribution in [2.75, 3.05) is 16.8 Å². The number of hydrogen-bond acceptors (Lipinski definition) is 4. The van der Waals surface area contributed by atoms with Crippen molar-refractivity contribution in [2.24, 2.45) is 7.05 Å². The maximum Gasteiger partial charge on any atom is 0.258 e. The summed E-state index contributed by atoms with van der Waals surface area (Å²) >= 11 is 0. The fourth-order valence-electron chi connectivity index (χ4n) is 3.09. The molecule has 122 valence electrons. The summed E-state index contributed by atoms with van der Waals surface area (Å²) in [7, 11) is 1.79. The quantitative estimate of drug-likeness (QED) is 0.946. The summed E-state index contributed by atoms with van der Waals surface area (Å²) < 4.78 is 1.61. The van der Waals surface area contributed by atoms with Gasteiger partial charge in [-0.2, -0.15) is 5.10 Å². The van der Waals surface area contributed by atoms with Crippen LogP contribution in [0.4, 0.5) is 11.5 Å². The first-order chi connectivity index (χ1) is 11.0. The molecule has 3 heterocycles. The van der Waals surface area contributed by atoms with Gasteiger partial charge in [-0.1, -0.05) is 0 Å². The standard InChI is InChI=1S/C17H23N5O/c1-12-8-15(20-17(23)14-9-19-21(3)11-14)10-18-16(12)22-7-5-4-6-13(22)2/h8-11,13H,4-7H2,1-3H3,(H,20,23)/t13-/m0/s1. The number of amides is 1. The molecule has 1 fully saturated rings. The van der Waals surface area contributed by atoms with Gasteiger partial charge in [-0.3, -0.25) is 9.48 Å². The maximum atomic E-state index is 12.2. The molecule has 1 aliphatic rings. The zero-order chi connectivity index (χ0) is 16.4. The van der Waals surface area contributed by atoms with E-state index in [0.717, 1.165) is 17.9 Å². The first-order valence-electron chi connectivity index (χ1n) is 8.08. The molecular weight excluding hydrogens is 290 g/mol. The number of hydrogen-bond donors (Lipinski definition) is 1. The van der Waals surface area contributed by atoms with E-state index in [4.69, 9.17) is 0 Å². The van der Waals surface area contributed by atoms with Gasteiger partial charge in [0, 0.05) is 25.8 Å². The monoisotopic (exact) mass is 313 g/mol. The molecule has 1 saturated heterocycles. The highest BCUT2D eigenvalue weighted by Gasteiger charge is 2.21. The van der Waals surface area contributed by atoms with Crippen LogP contribution < -0.4 is 10.2 Å². The van der Waals surface area contributed by atoms with Crippen molar-refractivity contribution >= 4 is 17.4 Å². The van der Waals surface area contributed by atoms with E-state index in [1.54, 1.807) is 30.3 Å². The lowest BCUT2D eigenvalue weighted by Crippen LogP contribution is -2.38. The van der Waals surface area contributed by atoms with Crippen molar-refractivity contribution in [3.63, 3.8) is 0 Å². The normalized spacial score (nSPS) is 18.0. The predicted octanol–water partition coefficient (Wildman–Crippen LogP) is 2.75. The number of nitrogens with one attached hydrogen (secondary N) is 1. The second-order valence-electron chi connectivity index (χ2n) is 6.26. The molecule has 2 aromatic heterocycles.